The van der Waals surface area contributed by atoms with E-state index in [1.807, 2.05) is 74.4 Å². The average molecular weight is 495 g/mol. The number of ether oxygens (including phenoxy) is 1. The van der Waals surface area contributed by atoms with Gasteiger partial charge in [-0.25, -0.2) is 9.79 Å². The Morgan fingerprint density at radius 3 is 2.46 bits per heavy atom. The van der Waals surface area contributed by atoms with Crippen molar-refractivity contribution in [2.45, 2.75) is 39.7 Å². The third-order valence-electron chi connectivity index (χ3n) is 5.64. The number of hydrogen-bond acceptors (Lipinski definition) is 7. The van der Waals surface area contributed by atoms with Crippen molar-refractivity contribution in [3.8, 4) is 0 Å². The van der Waals surface area contributed by atoms with E-state index in [1.54, 1.807) is 6.92 Å². The van der Waals surface area contributed by atoms with E-state index < -0.39 is 12.0 Å². The lowest BCUT2D eigenvalue weighted by molar-refractivity contribution is -0.139. The third kappa shape index (κ3) is 6.66. The van der Waals surface area contributed by atoms with Gasteiger partial charge >= 0.3 is 5.97 Å². The molecule has 0 saturated heterocycles. The quantitative estimate of drug-likeness (QED) is 0.498. The van der Waals surface area contributed by atoms with Crippen LogP contribution >= 0.6 is 11.8 Å². The summed E-state index contributed by atoms with van der Waals surface area (Å²) in [6.07, 6.45) is 0. The highest BCUT2D eigenvalue weighted by molar-refractivity contribution is 8.14. The van der Waals surface area contributed by atoms with Crippen molar-refractivity contribution in [1.82, 2.24) is 5.32 Å². The van der Waals surface area contributed by atoms with Crippen molar-refractivity contribution < 1.29 is 14.3 Å². The fourth-order valence-corrected chi connectivity index (χ4v) is 4.57. The van der Waals surface area contributed by atoms with E-state index in [4.69, 9.17) is 9.73 Å². The van der Waals surface area contributed by atoms with Crippen LogP contribution in [-0.4, -0.2) is 43.5 Å². The van der Waals surface area contributed by atoms with E-state index in [0.717, 1.165) is 22.5 Å². The molecule has 0 spiro atoms. The average Bonchev–Trinajstić information content (AvgIpc) is 2.82. The predicted octanol–water partition coefficient (Wildman–Crippen LogP) is 5.09. The largest absolute Gasteiger partial charge is 0.463 e. The molecule has 0 bridgehead atoms. The van der Waals surface area contributed by atoms with Gasteiger partial charge < -0.3 is 20.3 Å². The van der Waals surface area contributed by atoms with Crippen molar-refractivity contribution in [3.63, 3.8) is 0 Å². The van der Waals surface area contributed by atoms with Crippen LogP contribution in [0, 0.1) is 0 Å². The first-order valence-corrected chi connectivity index (χ1v) is 12.7. The van der Waals surface area contributed by atoms with E-state index >= 15 is 0 Å². The molecule has 0 unspecified atom stereocenters. The van der Waals surface area contributed by atoms with Crippen LogP contribution in [0.15, 0.2) is 64.8 Å². The van der Waals surface area contributed by atoms with Crippen molar-refractivity contribution in [1.29, 1.82) is 0 Å². The van der Waals surface area contributed by atoms with Gasteiger partial charge in [-0.1, -0.05) is 55.9 Å². The number of benzene rings is 2. The summed E-state index contributed by atoms with van der Waals surface area (Å²) in [4.78, 5) is 32.3. The van der Waals surface area contributed by atoms with Gasteiger partial charge in [0.2, 0.25) is 5.91 Å². The lowest BCUT2D eigenvalue weighted by atomic mass is 9.96. The van der Waals surface area contributed by atoms with Crippen molar-refractivity contribution in [3.05, 3.63) is 70.9 Å². The van der Waals surface area contributed by atoms with Crippen LogP contribution in [-0.2, 0) is 14.3 Å². The fourth-order valence-electron chi connectivity index (χ4n) is 3.82. The Morgan fingerprint density at radius 1 is 1.14 bits per heavy atom. The van der Waals surface area contributed by atoms with E-state index in [-0.39, 0.29) is 18.3 Å². The summed E-state index contributed by atoms with van der Waals surface area (Å²) < 4.78 is 5.31. The lowest BCUT2D eigenvalue weighted by Gasteiger charge is -2.26. The van der Waals surface area contributed by atoms with E-state index in [9.17, 15) is 9.59 Å². The number of rotatable bonds is 8. The van der Waals surface area contributed by atoms with Crippen LogP contribution < -0.4 is 15.5 Å². The number of aliphatic imine (C=N–C) groups is 1. The first-order valence-electron chi connectivity index (χ1n) is 11.7. The third-order valence-corrected chi connectivity index (χ3v) is 6.52. The Morgan fingerprint density at radius 2 is 1.83 bits per heavy atom. The predicted molar refractivity (Wildman–Crippen MR) is 145 cm³/mol. The van der Waals surface area contributed by atoms with Gasteiger partial charge in [-0.15, -0.1) is 0 Å². The first-order chi connectivity index (χ1) is 16.7. The zero-order valence-corrected chi connectivity index (χ0v) is 22.0. The molecule has 1 atom stereocenters. The summed E-state index contributed by atoms with van der Waals surface area (Å²) in [6, 6.07) is 15.3. The Labute approximate surface area is 212 Å². The number of esters is 1. The zero-order chi connectivity index (χ0) is 25.5. The zero-order valence-electron chi connectivity index (χ0n) is 21.2. The monoisotopic (exact) mass is 494 g/mol. The molecule has 0 aromatic heterocycles. The van der Waals surface area contributed by atoms with Gasteiger partial charge in [0.1, 0.15) is 6.04 Å². The normalized spacial score (nSPS) is 15.4. The van der Waals surface area contributed by atoms with Crippen LogP contribution in [0.5, 0.6) is 0 Å². The maximum Gasteiger partial charge on any atom is 0.338 e. The highest BCUT2D eigenvalue weighted by Crippen LogP contribution is 2.34. The second-order valence-corrected chi connectivity index (χ2v) is 9.75. The molecule has 1 aliphatic heterocycles. The Hall–Kier alpha value is -3.26. The summed E-state index contributed by atoms with van der Waals surface area (Å²) >= 11 is 1.31. The molecule has 1 amide bonds. The minimum absolute atomic E-state index is 0.114. The van der Waals surface area contributed by atoms with Crippen molar-refractivity contribution in [2.75, 3.05) is 36.7 Å². The molecule has 0 radical (unpaired) electrons. The number of nitrogens with zero attached hydrogens (tertiary/aromatic N) is 2. The maximum atomic E-state index is 12.8. The van der Waals surface area contributed by atoms with Crippen LogP contribution in [0.25, 0.3) is 0 Å². The van der Waals surface area contributed by atoms with Crippen LogP contribution in [0.1, 0.15) is 50.8 Å². The molecule has 7 nitrogen and oxygen atoms in total. The van der Waals surface area contributed by atoms with Gasteiger partial charge in [0, 0.05) is 31.2 Å². The van der Waals surface area contributed by atoms with Gasteiger partial charge in [-0.2, -0.15) is 0 Å². The van der Waals surface area contributed by atoms with Crippen molar-refractivity contribution in [2.24, 2.45) is 4.99 Å². The number of hydrogen-bond donors (Lipinski definition) is 2. The van der Waals surface area contributed by atoms with Crippen LogP contribution in [0.2, 0.25) is 0 Å². The summed E-state index contributed by atoms with van der Waals surface area (Å²) in [5.74, 6) is -0.0170. The molecule has 0 saturated carbocycles. The molecule has 186 valence electrons. The molecule has 1 aliphatic rings. The number of anilines is 2. The SMILES string of the molecule is CCOC(=O)C1=C(C)NC(SCC(=O)Nc2ccccc2C(C)C)=N[C@@H]1c1ccc(N(C)C)cc1. The van der Waals surface area contributed by atoms with Crippen LogP contribution in [0.4, 0.5) is 11.4 Å². The summed E-state index contributed by atoms with van der Waals surface area (Å²) in [5.41, 5.74) is 5.01. The Bertz CT molecular complexity index is 1120. The van der Waals surface area contributed by atoms with E-state index in [1.165, 1.54) is 11.8 Å². The summed E-state index contributed by atoms with van der Waals surface area (Å²) in [5, 5.41) is 6.79. The van der Waals surface area contributed by atoms with Gasteiger partial charge in [-0.3, -0.25) is 4.79 Å². The van der Waals surface area contributed by atoms with Crippen molar-refractivity contribution >= 4 is 40.2 Å². The number of allylic oxidation sites excluding steroid dienone is 1. The molecule has 2 aromatic rings. The molecule has 0 aliphatic carbocycles. The number of carbonyl (C=O) groups is 2. The second kappa shape index (κ2) is 11.9. The number of amides is 1. The fraction of sp³-hybridized carbons (Fsp3) is 0.370. The van der Waals surface area contributed by atoms with Gasteiger partial charge in [0.25, 0.3) is 0 Å². The standard InChI is InChI=1S/C27H34N4O3S/c1-7-34-26(33)24-18(4)28-27(30-25(24)19-12-14-20(15-13-19)31(5)6)35-16-23(32)29-22-11-9-8-10-21(22)17(2)3/h8-15,17,25H,7,16H2,1-6H3,(H,28,30)(H,29,32)/t25-/m1/s1. The van der Waals surface area contributed by atoms with Crippen LogP contribution in [0.3, 0.4) is 0 Å². The van der Waals surface area contributed by atoms with Gasteiger partial charge in [0.15, 0.2) is 5.17 Å². The van der Waals surface area contributed by atoms with Gasteiger partial charge in [-0.05, 0) is 49.1 Å². The minimum atomic E-state index is -0.515. The van der Waals surface area contributed by atoms with E-state index in [0.29, 0.717) is 22.4 Å². The molecular weight excluding hydrogens is 460 g/mol. The van der Waals surface area contributed by atoms with E-state index in [2.05, 4.69) is 24.5 Å². The second-order valence-electron chi connectivity index (χ2n) is 8.79. The number of carbonyl (C=O) groups excluding carboxylic acids is 2. The molecule has 0 fully saturated rings. The molecule has 1 heterocycles. The Balaban J connectivity index is 1.79. The summed E-state index contributed by atoms with van der Waals surface area (Å²) in [6.45, 7) is 8.10. The Kier molecular flexibility index (Phi) is 8.98. The molecule has 8 heteroatoms. The smallest absolute Gasteiger partial charge is 0.338 e. The molecule has 35 heavy (non-hydrogen) atoms. The highest BCUT2D eigenvalue weighted by Gasteiger charge is 2.30. The number of amidine groups is 1. The first kappa shape index (κ1) is 26.3. The number of para-hydroxylation sites is 1. The maximum absolute atomic E-state index is 12.8. The molecular formula is C27H34N4O3S. The lowest BCUT2D eigenvalue weighted by Crippen LogP contribution is -2.31. The minimum Gasteiger partial charge on any atom is -0.463 e. The number of nitrogens with one attached hydrogen (secondary N) is 2. The topological polar surface area (TPSA) is 83.0 Å². The van der Waals surface area contributed by atoms with Gasteiger partial charge in [0.05, 0.1) is 17.9 Å². The summed E-state index contributed by atoms with van der Waals surface area (Å²) in [7, 11) is 3.95. The molecule has 2 aromatic carbocycles. The molecule has 3 rings (SSSR count). The highest BCUT2D eigenvalue weighted by atomic mass is 32.2. The molecule has 2 N–H and O–H groups in total. The number of thioether (sulfide) groups is 1.